The van der Waals surface area contributed by atoms with Crippen LogP contribution in [0.1, 0.15) is 43.5 Å². The fourth-order valence-electron chi connectivity index (χ4n) is 5.18. The summed E-state index contributed by atoms with van der Waals surface area (Å²) in [6.07, 6.45) is 5.45. The Morgan fingerprint density at radius 2 is 1.56 bits per heavy atom. The maximum Gasteiger partial charge on any atom is 0.254 e. The van der Waals surface area contributed by atoms with Crippen LogP contribution in [0.2, 0.25) is 0 Å². The molecule has 2 fully saturated rings. The van der Waals surface area contributed by atoms with E-state index in [1.165, 1.54) is 4.90 Å². The lowest BCUT2D eigenvalue weighted by molar-refractivity contribution is -0.153. The van der Waals surface area contributed by atoms with Gasteiger partial charge in [0, 0.05) is 31.7 Å². The lowest BCUT2D eigenvalue weighted by atomic mass is 9.85. The van der Waals surface area contributed by atoms with Gasteiger partial charge in [0.05, 0.1) is 18.9 Å². The minimum absolute atomic E-state index is 0.105. The number of carbonyl (C=O) groups is 4. The van der Waals surface area contributed by atoms with Crippen LogP contribution in [0.4, 0.5) is 0 Å². The number of methoxy groups -OCH3 is 1. The molecule has 0 saturated carbocycles. The molecule has 4 amide bonds. The van der Waals surface area contributed by atoms with Crippen LogP contribution in [-0.2, 0) is 14.4 Å². The Labute approximate surface area is 200 Å². The number of amides is 4. The molecule has 0 bridgehead atoms. The number of ether oxygens (including phenoxy) is 1. The lowest BCUT2D eigenvalue weighted by Crippen LogP contribution is -2.57. The third-order valence-electron chi connectivity index (χ3n) is 7.03. The van der Waals surface area contributed by atoms with E-state index < -0.39 is 6.04 Å². The van der Waals surface area contributed by atoms with Crippen LogP contribution in [0.15, 0.2) is 36.4 Å². The highest BCUT2D eigenvalue weighted by molar-refractivity contribution is 6.08. The number of piperazine rings is 1. The predicted molar refractivity (Wildman–Crippen MR) is 126 cm³/mol. The van der Waals surface area contributed by atoms with E-state index in [2.05, 4.69) is 0 Å². The number of carbonyl (C=O) groups excluding carboxylic acids is 4. The van der Waals surface area contributed by atoms with Gasteiger partial charge < -0.3 is 14.5 Å². The van der Waals surface area contributed by atoms with E-state index >= 15 is 0 Å². The molecule has 8 nitrogen and oxygen atoms in total. The summed E-state index contributed by atoms with van der Waals surface area (Å²) >= 11 is 0. The van der Waals surface area contributed by atoms with Crippen molar-refractivity contribution in [2.24, 2.45) is 17.8 Å². The Morgan fingerprint density at radius 3 is 2.12 bits per heavy atom. The zero-order valence-corrected chi connectivity index (χ0v) is 20.1. The molecule has 2 heterocycles. The Bertz CT molecular complexity index is 970. The van der Waals surface area contributed by atoms with Crippen molar-refractivity contribution in [3.8, 4) is 5.75 Å². The number of allylic oxidation sites excluding steroid dienone is 2. The number of nitrogens with zero attached hydrogens (tertiary/aromatic N) is 3. The molecule has 182 valence electrons. The molecule has 4 rings (SSSR count). The Hall–Kier alpha value is -3.16. The molecule has 0 spiro atoms. The zero-order valence-electron chi connectivity index (χ0n) is 20.1. The molecule has 1 aromatic carbocycles. The van der Waals surface area contributed by atoms with Crippen molar-refractivity contribution in [3.63, 3.8) is 0 Å². The minimum atomic E-state index is -0.786. The highest BCUT2D eigenvalue weighted by Gasteiger charge is 2.51. The van der Waals surface area contributed by atoms with Gasteiger partial charge in [0.2, 0.25) is 17.7 Å². The first-order valence-electron chi connectivity index (χ1n) is 12.1. The summed E-state index contributed by atoms with van der Waals surface area (Å²) in [7, 11) is 1.56. The molecule has 8 heteroatoms. The van der Waals surface area contributed by atoms with Gasteiger partial charge in [-0.3, -0.25) is 24.1 Å². The fourth-order valence-corrected chi connectivity index (χ4v) is 5.18. The standard InChI is InChI=1S/C26H33N3O5/c1-17(2)15-22(29-24(31)20-9-4-5-10-21(20)25(29)32)26(33)28-13-11-27(12-14-28)23(30)18-7-6-8-19(16-18)34-3/h4-8,16-17,20-22H,9-15H2,1-3H3. The Balaban J connectivity index is 1.45. The number of benzene rings is 1. The largest absolute Gasteiger partial charge is 0.497 e. The second-order valence-corrected chi connectivity index (χ2v) is 9.70. The van der Waals surface area contributed by atoms with Gasteiger partial charge in [-0.05, 0) is 43.4 Å². The monoisotopic (exact) mass is 467 g/mol. The topological polar surface area (TPSA) is 87.2 Å². The van der Waals surface area contributed by atoms with Crippen molar-refractivity contribution in [1.82, 2.24) is 14.7 Å². The van der Waals surface area contributed by atoms with Crippen molar-refractivity contribution in [3.05, 3.63) is 42.0 Å². The van der Waals surface area contributed by atoms with E-state index in [-0.39, 0.29) is 41.4 Å². The summed E-state index contributed by atoms with van der Waals surface area (Å²) < 4.78 is 5.21. The molecule has 3 unspecified atom stereocenters. The van der Waals surface area contributed by atoms with Crippen molar-refractivity contribution >= 4 is 23.6 Å². The van der Waals surface area contributed by atoms with E-state index in [1.807, 2.05) is 26.0 Å². The summed E-state index contributed by atoms with van der Waals surface area (Å²) in [4.78, 5) is 57.5. The molecular weight excluding hydrogens is 434 g/mol. The van der Waals surface area contributed by atoms with Crippen LogP contribution in [0.25, 0.3) is 0 Å². The van der Waals surface area contributed by atoms with Crippen LogP contribution in [0.5, 0.6) is 5.75 Å². The average Bonchev–Trinajstić information content (AvgIpc) is 3.11. The highest BCUT2D eigenvalue weighted by atomic mass is 16.5. The molecule has 1 aliphatic carbocycles. The molecular formula is C26H33N3O5. The summed E-state index contributed by atoms with van der Waals surface area (Å²) in [6.45, 7) is 5.51. The first kappa shape index (κ1) is 24.0. The summed E-state index contributed by atoms with van der Waals surface area (Å²) in [6, 6.07) is 6.23. The first-order chi connectivity index (χ1) is 16.3. The number of hydrogen-bond donors (Lipinski definition) is 0. The molecule has 3 aliphatic rings. The zero-order chi connectivity index (χ0) is 24.4. The predicted octanol–water partition coefficient (Wildman–Crippen LogP) is 2.35. The highest BCUT2D eigenvalue weighted by Crippen LogP contribution is 2.37. The van der Waals surface area contributed by atoms with E-state index in [9.17, 15) is 19.2 Å². The van der Waals surface area contributed by atoms with E-state index in [4.69, 9.17) is 4.74 Å². The van der Waals surface area contributed by atoms with Crippen LogP contribution in [0, 0.1) is 17.8 Å². The van der Waals surface area contributed by atoms with E-state index in [1.54, 1.807) is 41.2 Å². The quantitative estimate of drug-likeness (QED) is 0.474. The van der Waals surface area contributed by atoms with E-state index in [0.717, 1.165) is 0 Å². The number of rotatable bonds is 6. The summed E-state index contributed by atoms with van der Waals surface area (Å²) in [5.41, 5.74) is 0.543. The fraction of sp³-hybridized carbons (Fsp3) is 0.538. The maximum atomic E-state index is 13.6. The number of hydrogen-bond acceptors (Lipinski definition) is 5. The smallest absolute Gasteiger partial charge is 0.254 e. The van der Waals surface area contributed by atoms with Gasteiger partial charge in [-0.1, -0.05) is 32.1 Å². The molecule has 3 atom stereocenters. The molecule has 2 saturated heterocycles. The maximum absolute atomic E-state index is 13.6. The minimum Gasteiger partial charge on any atom is -0.497 e. The number of fused-ring (bicyclic) bond motifs is 1. The van der Waals surface area contributed by atoms with E-state index in [0.29, 0.717) is 56.8 Å². The summed E-state index contributed by atoms with van der Waals surface area (Å²) in [5, 5.41) is 0. The third-order valence-corrected chi connectivity index (χ3v) is 7.03. The molecule has 2 aliphatic heterocycles. The van der Waals surface area contributed by atoms with Crippen molar-refractivity contribution in [1.29, 1.82) is 0 Å². The number of imide groups is 1. The SMILES string of the molecule is COc1cccc(C(=O)N2CCN(C(=O)C(CC(C)C)N3C(=O)C4CC=CCC4C3=O)CC2)c1. The van der Waals surface area contributed by atoms with Gasteiger partial charge in [0.15, 0.2) is 0 Å². The van der Waals surface area contributed by atoms with Gasteiger partial charge >= 0.3 is 0 Å². The van der Waals surface area contributed by atoms with Crippen molar-refractivity contribution in [2.75, 3.05) is 33.3 Å². The lowest BCUT2D eigenvalue weighted by Gasteiger charge is -2.38. The van der Waals surface area contributed by atoms with Gasteiger partial charge in [-0.25, -0.2) is 0 Å². The molecule has 0 radical (unpaired) electrons. The normalized spacial score (nSPS) is 23.4. The second kappa shape index (κ2) is 9.99. The average molecular weight is 468 g/mol. The van der Waals surface area contributed by atoms with Crippen LogP contribution < -0.4 is 4.74 Å². The van der Waals surface area contributed by atoms with Crippen LogP contribution in [-0.4, -0.2) is 77.7 Å². The van der Waals surface area contributed by atoms with Gasteiger partial charge in [-0.15, -0.1) is 0 Å². The number of likely N-dealkylation sites (tertiary alicyclic amines) is 1. The first-order valence-corrected chi connectivity index (χ1v) is 12.1. The molecule has 0 aromatic heterocycles. The Morgan fingerprint density at radius 1 is 0.971 bits per heavy atom. The van der Waals surface area contributed by atoms with Gasteiger partial charge in [0.25, 0.3) is 5.91 Å². The van der Waals surface area contributed by atoms with Gasteiger partial charge in [0.1, 0.15) is 11.8 Å². The van der Waals surface area contributed by atoms with Gasteiger partial charge in [-0.2, -0.15) is 0 Å². The third kappa shape index (κ3) is 4.58. The van der Waals surface area contributed by atoms with Crippen LogP contribution >= 0.6 is 0 Å². The second-order valence-electron chi connectivity index (χ2n) is 9.70. The van der Waals surface area contributed by atoms with Crippen molar-refractivity contribution in [2.45, 2.75) is 39.2 Å². The molecule has 1 aromatic rings. The molecule has 34 heavy (non-hydrogen) atoms. The van der Waals surface area contributed by atoms with Crippen LogP contribution in [0.3, 0.4) is 0 Å². The Kier molecular flexibility index (Phi) is 7.05. The van der Waals surface area contributed by atoms with Crippen molar-refractivity contribution < 1.29 is 23.9 Å². The summed E-state index contributed by atoms with van der Waals surface area (Å²) in [5.74, 6) is -0.676. The molecule has 0 N–H and O–H groups in total.